The number of halogens is 1. The van der Waals surface area contributed by atoms with Crippen LogP contribution in [0.25, 0.3) is 11.1 Å². The van der Waals surface area contributed by atoms with Crippen molar-refractivity contribution in [3.05, 3.63) is 57.3 Å². The Labute approximate surface area is 147 Å². The Bertz CT molecular complexity index is 968. The second-order valence-corrected chi connectivity index (χ2v) is 6.47. The van der Waals surface area contributed by atoms with Crippen molar-refractivity contribution in [3.63, 3.8) is 0 Å². The highest BCUT2D eigenvalue weighted by molar-refractivity contribution is 6.31. The summed E-state index contributed by atoms with van der Waals surface area (Å²) in [6.07, 6.45) is 1.52. The SMILES string of the molecule is O=C(c1ccc(=O)[nH]n1)N1CCC(c2nc3cc(Cl)ccc3o2)CC1. The van der Waals surface area contributed by atoms with Crippen LogP contribution < -0.4 is 5.56 Å². The monoisotopic (exact) mass is 358 g/mol. The van der Waals surface area contributed by atoms with E-state index >= 15 is 0 Å². The summed E-state index contributed by atoms with van der Waals surface area (Å²) < 4.78 is 5.83. The summed E-state index contributed by atoms with van der Waals surface area (Å²) in [5.41, 5.74) is 1.38. The topological polar surface area (TPSA) is 92.1 Å². The molecule has 1 aromatic carbocycles. The molecule has 0 unspecified atom stereocenters. The van der Waals surface area contributed by atoms with Gasteiger partial charge in [0.05, 0.1) is 0 Å². The predicted molar refractivity (Wildman–Crippen MR) is 91.8 cm³/mol. The molecule has 1 saturated heterocycles. The fourth-order valence-corrected chi connectivity index (χ4v) is 3.21. The van der Waals surface area contributed by atoms with E-state index < -0.39 is 0 Å². The van der Waals surface area contributed by atoms with Crippen molar-refractivity contribution in [2.45, 2.75) is 18.8 Å². The first-order chi connectivity index (χ1) is 12.1. The molecule has 1 amide bonds. The Balaban J connectivity index is 1.46. The Morgan fingerprint density at radius 1 is 1.24 bits per heavy atom. The van der Waals surface area contributed by atoms with Gasteiger partial charge in [0.2, 0.25) is 0 Å². The standard InChI is InChI=1S/C17H15ClN4O3/c18-11-1-3-14-13(9-11)19-16(25-14)10-5-7-22(8-6-10)17(24)12-2-4-15(23)21-20-12/h1-4,9-10H,5-8H2,(H,21,23). The minimum absolute atomic E-state index is 0.166. The van der Waals surface area contributed by atoms with E-state index in [0.29, 0.717) is 24.0 Å². The Hall–Kier alpha value is -2.67. The van der Waals surface area contributed by atoms with Crippen LogP contribution in [0.15, 0.2) is 39.5 Å². The van der Waals surface area contributed by atoms with E-state index in [1.165, 1.54) is 12.1 Å². The van der Waals surface area contributed by atoms with E-state index in [1.807, 2.05) is 6.07 Å². The highest BCUT2D eigenvalue weighted by Gasteiger charge is 2.28. The minimum atomic E-state index is -0.327. The van der Waals surface area contributed by atoms with Gasteiger partial charge in [-0.05, 0) is 37.1 Å². The number of hydrogen-bond donors (Lipinski definition) is 1. The number of H-pyrrole nitrogens is 1. The predicted octanol–water partition coefficient (Wildman–Crippen LogP) is 2.58. The molecule has 0 bridgehead atoms. The third-order valence-electron chi connectivity index (χ3n) is 4.40. The summed E-state index contributed by atoms with van der Waals surface area (Å²) in [6.45, 7) is 1.17. The van der Waals surface area contributed by atoms with E-state index in [0.717, 1.165) is 23.9 Å². The lowest BCUT2D eigenvalue weighted by molar-refractivity contribution is 0.0699. The molecule has 3 aromatic rings. The molecule has 3 heterocycles. The van der Waals surface area contributed by atoms with Crippen molar-refractivity contribution in [1.29, 1.82) is 0 Å². The number of carbonyl (C=O) groups excluding carboxylic acids is 1. The van der Waals surface area contributed by atoms with Crippen LogP contribution in [0.5, 0.6) is 0 Å². The second kappa shape index (κ2) is 6.33. The highest BCUT2D eigenvalue weighted by atomic mass is 35.5. The molecule has 1 aliphatic heterocycles. The first kappa shape index (κ1) is 15.8. The number of aromatic nitrogens is 3. The van der Waals surface area contributed by atoms with Crippen LogP contribution in [0.2, 0.25) is 5.02 Å². The summed E-state index contributed by atoms with van der Waals surface area (Å²) in [4.78, 5) is 29.7. The zero-order chi connectivity index (χ0) is 17.4. The minimum Gasteiger partial charge on any atom is -0.440 e. The highest BCUT2D eigenvalue weighted by Crippen LogP contribution is 2.31. The van der Waals surface area contributed by atoms with Crippen molar-refractivity contribution >= 4 is 28.6 Å². The molecule has 7 nitrogen and oxygen atoms in total. The number of piperidine rings is 1. The van der Waals surface area contributed by atoms with Gasteiger partial charge < -0.3 is 9.32 Å². The summed E-state index contributed by atoms with van der Waals surface area (Å²) >= 11 is 5.98. The lowest BCUT2D eigenvalue weighted by Crippen LogP contribution is -2.38. The third-order valence-corrected chi connectivity index (χ3v) is 4.63. The lowest BCUT2D eigenvalue weighted by Gasteiger charge is -2.30. The molecule has 0 spiro atoms. The smallest absolute Gasteiger partial charge is 0.274 e. The fourth-order valence-electron chi connectivity index (χ4n) is 3.05. The molecule has 25 heavy (non-hydrogen) atoms. The quantitative estimate of drug-likeness (QED) is 0.760. The zero-order valence-corrected chi connectivity index (χ0v) is 14.0. The van der Waals surface area contributed by atoms with Gasteiger partial charge >= 0.3 is 0 Å². The van der Waals surface area contributed by atoms with Gasteiger partial charge in [0.25, 0.3) is 11.5 Å². The van der Waals surface area contributed by atoms with Gasteiger partial charge in [-0.2, -0.15) is 5.10 Å². The summed E-state index contributed by atoms with van der Waals surface area (Å²) in [5, 5.41) is 6.71. The van der Waals surface area contributed by atoms with Gasteiger partial charge in [-0.15, -0.1) is 0 Å². The Kier molecular flexibility index (Phi) is 4.01. The van der Waals surface area contributed by atoms with Crippen molar-refractivity contribution in [2.24, 2.45) is 0 Å². The van der Waals surface area contributed by atoms with E-state index in [9.17, 15) is 9.59 Å². The van der Waals surface area contributed by atoms with Gasteiger partial charge in [0.15, 0.2) is 11.5 Å². The molecule has 0 radical (unpaired) electrons. The molecular formula is C17H15ClN4O3. The molecular weight excluding hydrogens is 344 g/mol. The largest absolute Gasteiger partial charge is 0.440 e. The molecule has 1 aliphatic rings. The molecule has 0 aliphatic carbocycles. The second-order valence-electron chi connectivity index (χ2n) is 6.04. The van der Waals surface area contributed by atoms with Gasteiger partial charge in [-0.3, -0.25) is 9.59 Å². The first-order valence-electron chi connectivity index (χ1n) is 8.01. The van der Waals surface area contributed by atoms with Crippen LogP contribution in [0, 0.1) is 0 Å². The van der Waals surface area contributed by atoms with Crippen LogP contribution in [0.4, 0.5) is 0 Å². The van der Waals surface area contributed by atoms with Gasteiger partial charge in [0, 0.05) is 30.1 Å². The molecule has 4 rings (SSSR count). The average molecular weight is 359 g/mol. The van der Waals surface area contributed by atoms with Gasteiger partial charge in [-0.25, -0.2) is 10.1 Å². The maximum Gasteiger partial charge on any atom is 0.274 e. The number of rotatable bonds is 2. The number of hydrogen-bond acceptors (Lipinski definition) is 5. The van der Waals surface area contributed by atoms with E-state index in [-0.39, 0.29) is 23.1 Å². The lowest BCUT2D eigenvalue weighted by atomic mass is 9.96. The number of likely N-dealkylation sites (tertiary alicyclic amines) is 1. The summed E-state index contributed by atoms with van der Waals surface area (Å²) in [6, 6.07) is 8.12. The number of nitrogens with zero attached hydrogens (tertiary/aromatic N) is 3. The maximum atomic E-state index is 12.4. The van der Waals surface area contributed by atoms with Crippen LogP contribution in [0.1, 0.15) is 35.1 Å². The number of aromatic amines is 1. The fraction of sp³-hybridized carbons (Fsp3) is 0.294. The maximum absolute atomic E-state index is 12.4. The third kappa shape index (κ3) is 3.15. The summed E-state index contributed by atoms with van der Waals surface area (Å²) in [5.74, 6) is 0.671. The van der Waals surface area contributed by atoms with Crippen LogP contribution in [0.3, 0.4) is 0 Å². The molecule has 1 fully saturated rings. The number of oxazole rings is 1. The molecule has 0 atom stereocenters. The van der Waals surface area contributed by atoms with Crippen molar-refractivity contribution in [3.8, 4) is 0 Å². The van der Waals surface area contributed by atoms with E-state index in [4.69, 9.17) is 16.0 Å². The van der Waals surface area contributed by atoms with Crippen LogP contribution >= 0.6 is 11.6 Å². The normalized spacial score (nSPS) is 15.6. The van der Waals surface area contributed by atoms with Crippen LogP contribution in [-0.2, 0) is 0 Å². The van der Waals surface area contributed by atoms with Gasteiger partial charge in [0.1, 0.15) is 11.2 Å². The van der Waals surface area contributed by atoms with Crippen LogP contribution in [-0.4, -0.2) is 39.1 Å². The molecule has 128 valence electrons. The number of amides is 1. The Morgan fingerprint density at radius 3 is 2.76 bits per heavy atom. The van der Waals surface area contributed by atoms with Crippen molar-refractivity contribution < 1.29 is 9.21 Å². The summed E-state index contributed by atoms with van der Waals surface area (Å²) in [7, 11) is 0. The van der Waals surface area contributed by atoms with Crippen molar-refractivity contribution in [1.82, 2.24) is 20.1 Å². The van der Waals surface area contributed by atoms with Crippen molar-refractivity contribution in [2.75, 3.05) is 13.1 Å². The van der Waals surface area contributed by atoms with Gasteiger partial charge in [-0.1, -0.05) is 11.6 Å². The molecule has 0 saturated carbocycles. The first-order valence-corrected chi connectivity index (χ1v) is 8.39. The number of benzene rings is 1. The Morgan fingerprint density at radius 2 is 2.04 bits per heavy atom. The number of carbonyl (C=O) groups is 1. The number of nitrogens with one attached hydrogen (secondary N) is 1. The zero-order valence-electron chi connectivity index (χ0n) is 13.2. The molecule has 8 heteroatoms. The number of fused-ring (bicyclic) bond motifs is 1. The molecule has 1 N–H and O–H groups in total. The van der Waals surface area contributed by atoms with E-state index in [2.05, 4.69) is 15.2 Å². The van der Waals surface area contributed by atoms with E-state index in [1.54, 1.807) is 17.0 Å². The average Bonchev–Trinajstić information content (AvgIpc) is 3.05. The molecule has 2 aromatic heterocycles.